The monoisotopic (exact) mass is 242 g/mol. The number of carbonyl (C=O) groups excluding carboxylic acids is 1. The molecule has 1 heterocycles. The summed E-state index contributed by atoms with van der Waals surface area (Å²) < 4.78 is 24.2. The fourth-order valence-corrected chi connectivity index (χ4v) is 2.29. The van der Waals surface area contributed by atoms with Gasteiger partial charge in [0.15, 0.2) is 0 Å². The van der Waals surface area contributed by atoms with Gasteiger partial charge in [0.25, 0.3) is 15.9 Å². The summed E-state index contributed by atoms with van der Waals surface area (Å²) in [4.78, 5) is 11.1. The van der Waals surface area contributed by atoms with Crippen LogP contribution in [-0.4, -0.2) is 19.5 Å². The molecule has 0 fully saturated rings. The Balaban J connectivity index is 0.000000337. The first-order chi connectivity index (χ1) is 7.03. The van der Waals surface area contributed by atoms with Gasteiger partial charge in [0.1, 0.15) is 4.90 Å². The smallest absolute Gasteiger partial charge is 0.266 e. The van der Waals surface area contributed by atoms with E-state index in [0.717, 1.165) is 0 Å². The molecule has 1 aliphatic heterocycles. The molecule has 0 bridgehead atoms. The Labute approximate surface area is 91.7 Å². The Morgan fingerprint density at radius 1 is 1.33 bits per heavy atom. The molecule has 0 radical (unpaired) electrons. The van der Waals surface area contributed by atoms with Gasteiger partial charge in [-0.1, -0.05) is 12.1 Å². The van der Waals surface area contributed by atoms with Crippen LogP contribution in [0.25, 0.3) is 0 Å². The first-order valence-electron chi connectivity index (χ1n) is 3.73. The molecule has 2 rings (SSSR count). The van der Waals surface area contributed by atoms with Crippen molar-refractivity contribution in [2.24, 2.45) is 0 Å². The summed E-state index contributed by atoms with van der Waals surface area (Å²) in [5, 5.41) is 7.36. The molecule has 0 aromatic heterocycles. The van der Waals surface area contributed by atoms with E-state index in [-0.39, 0.29) is 10.5 Å². The second-order valence-corrected chi connectivity index (χ2v) is 4.39. The van der Waals surface area contributed by atoms with Crippen molar-refractivity contribution in [3.05, 3.63) is 29.8 Å². The Kier molecular flexibility index (Phi) is 3.31. The molecule has 1 aromatic rings. The van der Waals surface area contributed by atoms with E-state index in [4.69, 9.17) is 5.41 Å². The molecule has 0 saturated carbocycles. The van der Waals surface area contributed by atoms with Crippen LogP contribution in [-0.2, 0) is 10.0 Å². The highest BCUT2D eigenvalue weighted by atomic mass is 32.2. The zero-order valence-corrected chi connectivity index (χ0v) is 8.98. The highest BCUT2D eigenvalue weighted by Gasteiger charge is 2.31. The molecular formula is C8H6N2O3S2. The fraction of sp³-hybridized carbons (Fsp3) is 0. The highest BCUT2D eigenvalue weighted by Crippen LogP contribution is 2.20. The van der Waals surface area contributed by atoms with E-state index in [1.807, 2.05) is 4.72 Å². The molecule has 15 heavy (non-hydrogen) atoms. The van der Waals surface area contributed by atoms with Crippen molar-refractivity contribution < 1.29 is 13.2 Å². The van der Waals surface area contributed by atoms with Gasteiger partial charge in [0.2, 0.25) is 0 Å². The first kappa shape index (κ1) is 11.5. The SMILES string of the molecule is N=C=S.O=C1NS(=O)(=O)c2ccccc21. The number of hydrogen-bond donors (Lipinski definition) is 2. The zero-order valence-electron chi connectivity index (χ0n) is 7.35. The minimum atomic E-state index is -3.55. The van der Waals surface area contributed by atoms with Gasteiger partial charge in [0, 0.05) is 0 Å². The van der Waals surface area contributed by atoms with E-state index in [2.05, 4.69) is 12.2 Å². The maximum absolute atomic E-state index is 11.1. The maximum Gasteiger partial charge on any atom is 0.266 e. The topological polar surface area (TPSA) is 87.1 Å². The summed E-state index contributed by atoms with van der Waals surface area (Å²) in [7, 11) is -3.55. The summed E-state index contributed by atoms with van der Waals surface area (Å²) in [5.74, 6) is -0.550. The number of thiocarbonyl (C=S) groups is 1. The Morgan fingerprint density at radius 3 is 2.40 bits per heavy atom. The predicted octanol–water partition coefficient (Wildman–Crippen LogP) is 0.787. The number of hydrogen-bond acceptors (Lipinski definition) is 5. The molecule has 0 unspecified atom stereocenters. The molecule has 1 aliphatic rings. The van der Waals surface area contributed by atoms with Crippen LogP contribution in [0.15, 0.2) is 29.2 Å². The molecule has 5 nitrogen and oxygen atoms in total. The normalized spacial score (nSPS) is 15.3. The lowest BCUT2D eigenvalue weighted by Crippen LogP contribution is -2.20. The van der Waals surface area contributed by atoms with Crippen LogP contribution in [0.2, 0.25) is 0 Å². The second-order valence-electron chi connectivity index (χ2n) is 2.53. The number of carbonyl (C=O) groups is 1. The van der Waals surface area contributed by atoms with E-state index in [9.17, 15) is 13.2 Å². The van der Waals surface area contributed by atoms with Gasteiger partial charge in [-0.3, -0.25) is 4.79 Å². The predicted molar refractivity (Wildman–Crippen MR) is 56.4 cm³/mol. The van der Waals surface area contributed by atoms with Gasteiger partial charge in [-0.2, -0.15) is 0 Å². The summed E-state index contributed by atoms with van der Waals surface area (Å²) in [6.07, 6.45) is 0. The Morgan fingerprint density at radius 2 is 1.87 bits per heavy atom. The van der Waals surface area contributed by atoms with Gasteiger partial charge in [-0.15, -0.1) is 0 Å². The summed E-state index contributed by atoms with van der Waals surface area (Å²) in [6, 6.07) is 6.09. The standard InChI is InChI=1S/C7H5NO3S.CHNS/c9-7-5-3-1-2-4-6(5)12(10,11)8-7;2-1-3/h1-4H,(H,8,9);2H. The lowest BCUT2D eigenvalue weighted by molar-refractivity contribution is 0.0985. The summed E-state index contributed by atoms with van der Waals surface area (Å²) in [5.41, 5.74) is 0.220. The third-order valence-corrected chi connectivity index (χ3v) is 3.04. The van der Waals surface area contributed by atoms with Crippen molar-refractivity contribution in [1.29, 1.82) is 5.41 Å². The van der Waals surface area contributed by atoms with Gasteiger partial charge in [-0.25, -0.2) is 18.5 Å². The maximum atomic E-state index is 11.1. The minimum absolute atomic E-state index is 0.0648. The average molecular weight is 242 g/mol. The molecule has 7 heteroatoms. The van der Waals surface area contributed by atoms with Crippen molar-refractivity contribution in [2.75, 3.05) is 0 Å². The number of fused-ring (bicyclic) bond motifs is 1. The van der Waals surface area contributed by atoms with E-state index < -0.39 is 15.9 Å². The quantitative estimate of drug-likeness (QED) is 0.520. The minimum Gasteiger partial charge on any atom is -0.268 e. The van der Waals surface area contributed by atoms with Crippen LogP contribution in [0.3, 0.4) is 0 Å². The van der Waals surface area contributed by atoms with Gasteiger partial charge in [0.05, 0.1) is 10.7 Å². The van der Waals surface area contributed by atoms with Crippen molar-refractivity contribution in [3.8, 4) is 0 Å². The molecule has 2 N–H and O–H groups in total. The number of sulfonamides is 1. The molecule has 78 valence electrons. The number of amides is 1. The molecule has 1 aromatic carbocycles. The number of nitrogens with one attached hydrogen (secondary N) is 2. The summed E-state index contributed by atoms with van der Waals surface area (Å²) in [6.45, 7) is 0. The molecule has 0 atom stereocenters. The largest absolute Gasteiger partial charge is 0.268 e. The number of rotatable bonds is 0. The summed E-state index contributed by atoms with van der Waals surface area (Å²) >= 11 is 3.81. The molecule has 0 saturated heterocycles. The zero-order chi connectivity index (χ0) is 11.5. The van der Waals surface area contributed by atoms with E-state index >= 15 is 0 Å². The second kappa shape index (κ2) is 4.31. The van der Waals surface area contributed by atoms with Gasteiger partial charge < -0.3 is 0 Å². The van der Waals surface area contributed by atoms with Gasteiger partial charge >= 0.3 is 0 Å². The number of isothiocyanates is 1. The molecule has 0 spiro atoms. The van der Waals surface area contributed by atoms with Crippen molar-refractivity contribution in [1.82, 2.24) is 4.72 Å². The molecular weight excluding hydrogens is 236 g/mol. The van der Waals surface area contributed by atoms with Crippen LogP contribution >= 0.6 is 12.2 Å². The highest BCUT2D eigenvalue weighted by molar-refractivity contribution is 7.90. The van der Waals surface area contributed by atoms with E-state index in [1.54, 1.807) is 17.3 Å². The Bertz CT molecular complexity index is 531. The van der Waals surface area contributed by atoms with Crippen LogP contribution < -0.4 is 4.72 Å². The van der Waals surface area contributed by atoms with Crippen LogP contribution in [0.1, 0.15) is 10.4 Å². The van der Waals surface area contributed by atoms with Crippen molar-refractivity contribution in [3.63, 3.8) is 0 Å². The molecule has 0 aliphatic carbocycles. The molecule has 1 amide bonds. The van der Waals surface area contributed by atoms with Crippen LogP contribution in [0.4, 0.5) is 0 Å². The Hall–Kier alpha value is -1.56. The van der Waals surface area contributed by atoms with Crippen LogP contribution in [0, 0.1) is 5.41 Å². The van der Waals surface area contributed by atoms with Crippen molar-refractivity contribution >= 4 is 33.3 Å². The van der Waals surface area contributed by atoms with E-state index in [1.165, 1.54) is 12.1 Å². The van der Waals surface area contributed by atoms with Crippen molar-refractivity contribution in [2.45, 2.75) is 4.90 Å². The fourth-order valence-electron chi connectivity index (χ4n) is 1.12. The lowest BCUT2D eigenvalue weighted by atomic mass is 10.2. The number of benzene rings is 1. The average Bonchev–Trinajstić information content (AvgIpc) is 2.40. The first-order valence-corrected chi connectivity index (χ1v) is 5.62. The van der Waals surface area contributed by atoms with Crippen LogP contribution in [0.5, 0.6) is 0 Å². The third-order valence-electron chi connectivity index (χ3n) is 1.65. The third kappa shape index (κ3) is 2.27. The lowest BCUT2D eigenvalue weighted by Gasteiger charge is -1.91. The van der Waals surface area contributed by atoms with E-state index in [0.29, 0.717) is 0 Å². The van der Waals surface area contributed by atoms with Gasteiger partial charge in [-0.05, 0) is 24.4 Å².